The van der Waals surface area contributed by atoms with Crippen molar-refractivity contribution in [3.05, 3.63) is 82.9 Å². The van der Waals surface area contributed by atoms with Gasteiger partial charge in [-0.15, -0.1) is 11.3 Å². The van der Waals surface area contributed by atoms with Gasteiger partial charge in [0.1, 0.15) is 11.8 Å². The van der Waals surface area contributed by atoms with Gasteiger partial charge in [-0.2, -0.15) is 0 Å². The number of carbonyl (C=O) groups is 3. The van der Waals surface area contributed by atoms with E-state index in [9.17, 15) is 19.5 Å². The summed E-state index contributed by atoms with van der Waals surface area (Å²) < 4.78 is 0.831. The van der Waals surface area contributed by atoms with E-state index < -0.39 is 6.04 Å². The van der Waals surface area contributed by atoms with Crippen molar-refractivity contribution < 1.29 is 19.5 Å². The Morgan fingerprint density at radius 3 is 2.46 bits per heavy atom. The molecular weight excluding hydrogens is 534 g/mol. The molecule has 2 amide bonds. The van der Waals surface area contributed by atoms with Crippen molar-refractivity contribution >= 4 is 44.7 Å². The highest BCUT2D eigenvalue weighted by Gasteiger charge is 2.33. The molecule has 2 fully saturated rings. The fourth-order valence-corrected chi connectivity index (χ4v) is 7.13. The van der Waals surface area contributed by atoms with Crippen molar-refractivity contribution in [2.75, 3.05) is 25.5 Å². The number of carbonyl (C=O) groups excluding carboxylic acids is 3. The lowest BCUT2D eigenvalue weighted by molar-refractivity contribution is -0.131. The second kappa shape index (κ2) is 11.1. The number of aromatic hydroxyl groups is 1. The normalized spacial score (nSPS) is 17.5. The second-order valence-electron chi connectivity index (χ2n) is 11.1. The molecule has 0 aliphatic carbocycles. The number of benzene rings is 3. The number of nitrogens with zero attached hydrogens (tertiary/aromatic N) is 2. The van der Waals surface area contributed by atoms with Crippen molar-refractivity contribution in [3.8, 4) is 16.2 Å². The van der Waals surface area contributed by atoms with Crippen molar-refractivity contribution in [1.82, 2.24) is 9.80 Å². The minimum Gasteiger partial charge on any atom is -0.508 e. The second-order valence-corrected chi connectivity index (χ2v) is 12.1. The summed E-state index contributed by atoms with van der Waals surface area (Å²) in [7, 11) is 1.66. The van der Waals surface area contributed by atoms with E-state index in [2.05, 4.69) is 23.2 Å². The van der Waals surface area contributed by atoms with Crippen LogP contribution in [0.2, 0.25) is 0 Å². The number of aryl methyl sites for hydroxylation is 1. The van der Waals surface area contributed by atoms with Crippen LogP contribution < -0.4 is 5.32 Å². The summed E-state index contributed by atoms with van der Waals surface area (Å²) in [6.07, 6.45) is 3.38. The lowest BCUT2D eigenvalue weighted by Crippen LogP contribution is -2.38. The Hall–Kier alpha value is -4.01. The van der Waals surface area contributed by atoms with Gasteiger partial charge in [0, 0.05) is 51.8 Å². The maximum atomic E-state index is 14.1. The first-order valence-electron chi connectivity index (χ1n) is 14.1. The Morgan fingerprint density at radius 2 is 1.78 bits per heavy atom. The zero-order chi connectivity index (χ0) is 28.7. The average Bonchev–Trinajstić information content (AvgIpc) is 3.69. The summed E-state index contributed by atoms with van der Waals surface area (Å²) in [6.45, 7) is 5.22. The number of likely N-dealkylation sites (N-methyl/N-ethyl adjacent to an activating group) is 1. The number of thiophene rings is 1. The molecule has 0 saturated carbocycles. The third kappa shape index (κ3) is 5.37. The molecule has 210 valence electrons. The van der Waals surface area contributed by atoms with Crippen LogP contribution in [-0.4, -0.2) is 58.7 Å². The molecule has 6 rings (SSSR count). The van der Waals surface area contributed by atoms with Gasteiger partial charge in [0.25, 0.3) is 0 Å². The van der Waals surface area contributed by atoms with Crippen LogP contribution in [0.15, 0.2) is 60.7 Å². The van der Waals surface area contributed by atoms with Crippen molar-refractivity contribution in [1.29, 1.82) is 0 Å². The summed E-state index contributed by atoms with van der Waals surface area (Å²) in [4.78, 5) is 43.4. The standard InChI is InChI=1S/C33H33N3O4S/c1-20-17-22(5-6-23(20)19-36-15-3-4-16-36)31(39)30-26-12-11-25(37)18-28(26)41-32(30)21-7-9-24(10-8-21)34-33(40)27-13-14-29(38)35(27)2/h5-12,17-18,27,37H,3-4,13-16,19H2,1-2H3,(H,34,40). The minimum atomic E-state index is -0.466. The molecule has 8 heteroatoms. The fourth-order valence-electron chi connectivity index (χ4n) is 5.90. The number of fused-ring (bicyclic) bond motifs is 1. The van der Waals surface area contributed by atoms with Crippen LogP contribution >= 0.6 is 11.3 Å². The third-order valence-corrected chi connectivity index (χ3v) is 9.51. The molecule has 2 aliphatic rings. The molecule has 3 heterocycles. The van der Waals surface area contributed by atoms with Crippen LogP contribution in [0.5, 0.6) is 5.75 Å². The highest BCUT2D eigenvalue weighted by molar-refractivity contribution is 7.22. The number of phenols is 1. The molecule has 0 bridgehead atoms. The van der Waals surface area contributed by atoms with E-state index in [1.54, 1.807) is 25.2 Å². The van der Waals surface area contributed by atoms with Gasteiger partial charge < -0.3 is 15.3 Å². The first-order chi connectivity index (χ1) is 19.8. The molecule has 2 aliphatic heterocycles. The van der Waals surface area contributed by atoms with Crippen LogP contribution in [0.3, 0.4) is 0 Å². The fraction of sp³-hybridized carbons (Fsp3) is 0.303. The topological polar surface area (TPSA) is 90.0 Å². The van der Waals surface area contributed by atoms with Gasteiger partial charge in [-0.1, -0.05) is 24.3 Å². The maximum absolute atomic E-state index is 14.1. The van der Waals surface area contributed by atoms with Crippen molar-refractivity contribution in [3.63, 3.8) is 0 Å². The smallest absolute Gasteiger partial charge is 0.247 e. The highest BCUT2D eigenvalue weighted by atomic mass is 32.1. The molecule has 1 aromatic heterocycles. The lowest BCUT2D eigenvalue weighted by Gasteiger charge is -2.19. The molecule has 3 aromatic carbocycles. The number of rotatable bonds is 7. The van der Waals surface area contributed by atoms with Crippen LogP contribution in [-0.2, 0) is 16.1 Å². The van der Waals surface area contributed by atoms with Gasteiger partial charge in [-0.05, 0) is 92.4 Å². The Labute approximate surface area is 243 Å². The molecule has 0 spiro atoms. The van der Waals surface area contributed by atoms with Crippen LogP contribution in [0.1, 0.15) is 52.7 Å². The van der Waals surface area contributed by atoms with Gasteiger partial charge >= 0.3 is 0 Å². The van der Waals surface area contributed by atoms with Crippen LogP contribution in [0.25, 0.3) is 20.5 Å². The Morgan fingerprint density at radius 1 is 1.02 bits per heavy atom. The number of ketones is 1. The van der Waals surface area contributed by atoms with E-state index in [1.165, 1.54) is 34.6 Å². The molecule has 4 aromatic rings. The monoisotopic (exact) mass is 567 g/mol. The number of anilines is 1. The summed E-state index contributed by atoms with van der Waals surface area (Å²) in [5.74, 6) is -0.133. The molecule has 1 atom stereocenters. The van der Waals surface area contributed by atoms with Crippen LogP contribution in [0, 0.1) is 6.92 Å². The average molecular weight is 568 g/mol. The van der Waals surface area contributed by atoms with Gasteiger partial charge in [-0.3, -0.25) is 19.3 Å². The van der Waals surface area contributed by atoms with E-state index >= 15 is 0 Å². The Balaban J connectivity index is 1.30. The molecule has 41 heavy (non-hydrogen) atoms. The number of hydrogen-bond donors (Lipinski definition) is 2. The zero-order valence-corrected chi connectivity index (χ0v) is 24.1. The number of hydrogen-bond acceptors (Lipinski definition) is 6. The third-order valence-electron chi connectivity index (χ3n) is 8.31. The number of amides is 2. The highest BCUT2D eigenvalue weighted by Crippen LogP contribution is 2.41. The largest absolute Gasteiger partial charge is 0.508 e. The maximum Gasteiger partial charge on any atom is 0.247 e. The molecule has 2 saturated heterocycles. The summed E-state index contributed by atoms with van der Waals surface area (Å²) >= 11 is 1.46. The molecule has 7 nitrogen and oxygen atoms in total. The molecule has 0 radical (unpaired) electrons. The van der Waals surface area contributed by atoms with E-state index in [-0.39, 0.29) is 23.3 Å². The van der Waals surface area contributed by atoms with E-state index in [4.69, 9.17) is 0 Å². The summed E-state index contributed by atoms with van der Waals surface area (Å²) in [5.41, 5.74) is 5.08. The van der Waals surface area contributed by atoms with E-state index in [0.717, 1.165) is 45.7 Å². The van der Waals surface area contributed by atoms with Crippen molar-refractivity contribution in [2.45, 2.75) is 45.2 Å². The van der Waals surface area contributed by atoms with E-state index in [0.29, 0.717) is 29.7 Å². The first kappa shape index (κ1) is 27.2. The van der Waals surface area contributed by atoms with Gasteiger partial charge in [0.15, 0.2) is 5.78 Å². The van der Waals surface area contributed by atoms with Gasteiger partial charge in [-0.25, -0.2) is 0 Å². The Kier molecular flexibility index (Phi) is 7.36. The first-order valence-corrected chi connectivity index (χ1v) is 14.9. The quantitative estimate of drug-likeness (QED) is 0.269. The lowest BCUT2D eigenvalue weighted by atomic mass is 9.95. The summed E-state index contributed by atoms with van der Waals surface area (Å²) in [6, 6.07) is 18.1. The minimum absolute atomic E-state index is 0.0232. The predicted molar refractivity (Wildman–Crippen MR) is 162 cm³/mol. The SMILES string of the molecule is Cc1cc(C(=O)c2c(-c3ccc(NC(=O)C4CCC(=O)N4C)cc3)sc3cc(O)ccc23)ccc1CN1CCCC1. The van der Waals surface area contributed by atoms with Gasteiger partial charge in [0.05, 0.1) is 0 Å². The van der Waals surface area contributed by atoms with Gasteiger partial charge in [0.2, 0.25) is 11.8 Å². The molecule has 2 N–H and O–H groups in total. The number of likely N-dealkylation sites (tertiary alicyclic amines) is 2. The zero-order valence-electron chi connectivity index (χ0n) is 23.3. The van der Waals surface area contributed by atoms with E-state index in [1.807, 2.05) is 36.4 Å². The predicted octanol–water partition coefficient (Wildman–Crippen LogP) is 5.97. The molecular formula is C33H33N3O4S. The number of phenolic OH excluding ortho intramolecular Hbond substituents is 1. The van der Waals surface area contributed by atoms with Crippen LogP contribution in [0.4, 0.5) is 5.69 Å². The number of nitrogens with one attached hydrogen (secondary N) is 1. The van der Waals surface area contributed by atoms with Crippen molar-refractivity contribution in [2.24, 2.45) is 0 Å². The summed E-state index contributed by atoms with van der Waals surface area (Å²) in [5, 5.41) is 13.9. The Bertz CT molecular complexity index is 1650. The molecule has 1 unspecified atom stereocenters.